The molecule has 100 valence electrons. The van der Waals surface area contributed by atoms with Gasteiger partial charge in [-0.25, -0.2) is 4.79 Å². The molecule has 2 heterocycles. The first-order valence-corrected chi connectivity index (χ1v) is 6.86. The number of fused-ring (bicyclic) bond motifs is 1. The maximum absolute atomic E-state index is 12.4. The van der Waals surface area contributed by atoms with Crippen LogP contribution in [-0.2, 0) is 0 Å². The molecule has 0 N–H and O–H groups in total. The average molecular weight is 258 g/mol. The summed E-state index contributed by atoms with van der Waals surface area (Å²) in [6, 6.07) is 7.64. The van der Waals surface area contributed by atoms with E-state index in [0.29, 0.717) is 18.2 Å². The second-order valence-corrected chi connectivity index (χ2v) is 5.38. The van der Waals surface area contributed by atoms with Crippen molar-refractivity contribution < 1.29 is 9.59 Å². The zero-order chi connectivity index (χ0) is 13.4. The molecule has 2 fully saturated rings. The van der Waals surface area contributed by atoms with E-state index in [-0.39, 0.29) is 11.9 Å². The normalized spacial score (nSPS) is 22.6. The van der Waals surface area contributed by atoms with E-state index in [1.54, 1.807) is 12.1 Å². The van der Waals surface area contributed by atoms with Crippen LogP contribution in [0.3, 0.4) is 0 Å². The van der Waals surface area contributed by atoms with Gasteiger partial charge in [-0.05, 0) is 38.3 Å². The Labute approximate surface area is 113 Å². The number of aryl methyl sites for hydroxylation is 1. The van der Waals surface area contributed by atoms with Gasteiger partial charge in [0.05, 0.1) is 0 Å². The largest absolute Gasteiger partial charge is 0.327 e. The maximum Gasteiger partial charge on any atom is 0.327 e. The lowest BCUT2D eigenvalue weighted by molar-refractivity contribution is 0.0677. The second kappa shape index (κ2) is 4.68. The molecule has 3 amide bonds. The molecule has 1 atom stereocenters. The number of urea groups is 1. The molecule has 4 heteroatoms. The highest BCUT2D eigenvalue weighted by atomic mass is 16.2. The summed E-state index contributed by atoms with van der Waals surface area (Å²) in [6.07, 6.45) is 3.05. The third-order valence-corrected chi connectivity index (χ3v) is 4.08. The summed E-state index contributed by atoms with van der Waals surface area (Å²) in [5, 5.41) is 0. The fourth-order valence-corrected chi connectivity index (χ4v) is 2.96. The average Bonchev–Trinajstić information content (AvgIpc) is 2.88. The van der Waals surface area contributed by atoms with Gasteiger partial charge in [0.1, 0.15) is 0 Å². The fraction of sp³-hybridized carbons (Fsp3) is 0.467. The van der Waals surface area contributed by atoms with Crippen molar-refractivity contribution in [1.82, 2.24) is 9.80 Å². The Morgan fingerprint density at radius 2 is 1.89 bits per heavy atom. The number of imide groups is 1. The van der Waals surface area contributed by atoms with Crippen LogP contribution in [0.4, 0.5) is 4.79 Å². The molecule has 1 aromatic rings. The van der Waals surface area contributed by atoms with Crippen LogP contribution in [0.2, 0.25) is 0 Å². The zero-order valence-electron chi connectivity index (χ0n) is 11.1. The monoisotopic (exact) mass is 258 g/mol. The molecule has 2 aliphatic rings. The molecular formula is C15H18N2O2. The van der Waals surface area contributed by atoms with Gasteiger partial charge in [-0.3, -0.25) is 9.69 Å². The second-order valence-electron chi connectivity index (χ2n) is 5.38. The zero-order valence-corrected chi connectivity index (χ0v) is 11.1. The Balaban J connectivity index is 1.80. The summed E-state index contributed by atoms with van der Waals surface area (Å²) in [7, 11) is 0. The molecule has 19 heavy (non-hydrogen) atoms. The molecule has 0 radical (unpaired) electrons. The van der Waals surface area contributed by atoms with Crippen molar-refractivity contribution in [3.05, 3.63) is 35.4 Å². The molecule has 4 nitrogen and oxygen atoms in total. The Morgan fingerprint density at radius 1 is 1.16 bits per heavy atom. The highest BCUT2D eigenvalue weighted by molar-refractivity contribution is 6.04. The third kappa shape index (κ3) is 2.11. The van der Waals surface area contributed by atoms with E-state index in [0.717, 1.165) is 31.4 Å². The van der Waals surface area contributed by atoms with E-state index in [4.69, 9.17) is 0 Å². The van der Waals surface area contributed by atoms with Crippen LogP contribution >= 0.6 is 0 Å². The van der Waals surface area contributed by atoms with Crippen LogP contribution in [0.1, 0.15) is 35.2 Å². The van der Waals surface area contributed by atoms with Crippen molar-refractivity contribution in [3.8, 4) is 0 Å². The Bertz CT molecular complexity index is 509. The number of benzene rings is 1. The van der Waals surface area contributed by atoms with Gasteiger partial charge in [-0.15, -0.1) is 0 Å². The number of nitrogens with zero attached hydrogens (tertiary/aromatic N) is 2. The first-order valence-electron chi connectivity index (χ1n) is 6.86. The van der Waals surface area contributed by atoms with Crippen molar-refractivity contribution in [2.24, 2.45) is 0 Å². The summed E-state index contributed by atoms with van der Waals surface area (Å²) in [5.74, 6) is -0.171. The van der Waals surface area contributed by atoms with Crippen LogP contribution in [0.15, 0.2) is 24.3 Å². The highest BCUT2D eigenvalue weighted by Crippen LogP contribution is 2.27. The Hall–Kier alpha value is -1.84. The molecule has 0 aromatic heterocycles. The molecule has 1 unspecified atom stereocenters. The maximum atomic E-state index is 12.4. The molecule has 0 bridgehead atoms. The van der Waals surface area contributed by atoms with Crippen molar-refractivity contribution in [2.45, 2.75) is 32.2 Å². The number of carbonyl (C=O) groups is 2. The fourth-order valence-electron chi connectivity index (χ4n) is 2.96. The van der Waals surface area contributed by atoms with Crippen LogP contribution in [0, 0.1) is 6.92 Å². The van der Waals surface area contributed by atoms with Crippen LogP contribution < -0.4 is 0 Å². The third-order valence-electron chi connectivity index (χ3n) is 4.08. The molecule has 0 aliphatic carbocycles. The number of hydrogen-bond donors (Lipinski definition) is 0. The Morgan fingerprint density at radius 3 is 2.63 bits per heavy atom. The van der Waals surface area contributed by atoms with E-state index in [1.165, 1.54) is 4.90 Å². The Kier molecular flexibility index (Phi) is 3.01. The van der Waals surface area contributed by atoms with Crippen LogP contribution in [0.25, 0.3) is 0 Å². The number of rotatable bonds is 1. The van der Waals surface area contributed by atoms with E-state index in [9.17, 15) is 9.59 Å². The van der Waals surface area contributed by atoms with Gasteiger partial charge in [0.2, 0.25) is 0 Å². The molecule has 2 aliphatic heterocycles. The summed E-state index contributed by atoms with van der Waals surface area (Å²) in [6.45, 7) is 3.32. The predicted octanol–water partition coefficient (Wildman–Crippen LogP) is 2.43. The van der Waals surface area contributed by atoms with E-state index in [1.807, 2.05) is 24.0 Å². The molecular weight excluding hydrogens is 240 g/mol. The summed E-state index contributed by atoms with van der Waals surface area (Å²) in [5.41, 5.74) is 1.71. The lowest BCUT2D eigenvalue weighted by Gasteiger charge is -2.36. The van der Waals surface area contributed by atoms with Gasteiger partial charge in [0, 0.05) is 24.7 Å². The standard InChI is InChI=1S/C15H18N2O2/c1-11-4-6-12(7-5-11)14(18)17-10-8-13-3-2-9-16(13)15(17)19/h4-7,13H,2-3,8-10H2,1H3. The van der Waals surface area contributed by atoms with Crippen molar-refractivity contribution in [1.29, 1.82) is 0 Å². The quantitative estimate of drug-likeness (QED) is 0.776. The molecule has 3 rings (SSSR count). The number of amides is 3. The van der Waals surface area contributed by atoms with E-state index >= 15 is 0 Å². The minimum Gasteiger partial charge on any atom is -0.321 e. The lowest BCUT2D eigenvalue weighted by atomic mass is 10.1. The topological polar surface area (TPSA) is 40.6 Å². The minimum atomic E-state index is -0.171. The van der Waals surface area contributed by atoms with Gasteiger partial charge < -0.3 is 4.90 Å². The molecule has 0 saturated carbocycles. The first kappa shape index (κ1) is 12.2. The van der Waals surface area contributed by atoms with Gasteiger partial charge in [0.25, 0.3) is 5.91 Å². The summed E-state index contributed by atoms with van der Waals surface area (Å²) in [4.78, 5) is 28.0. The van der Waals surface area contributed by atoms with E-state index in [2.05, 4.69) is 0 Å². The van der Waals surface area contributed by atoms with Gasteiger partial charge >= 0.3 is 6.03 Å². The predicted molar refractivity (Wildman–Crippen MR) is 72.0 cm³/mol. The van der Waals surface area contributed by atoms with E-state index < -0.39 is 0 Å². The van der Waals surface area contributed by atoms with Crippen LogP contribution in [-0.4, -0.2) is 40.9 Å². The van der Waals surface area contributed by atoms with Crippen molar-refractivity contribution >= 4 is 11.9 Å². The van der Waals surface area contributed by atoms with Gasteiger partial charge in [-0.1, -0.05) is 17.7 Å². The van der Waals surface area contributed by atoms with Crippen LogP contribution in [0.5, 0.6) is 0 Å². The summed E-state index contributed by atoms with van der Waals surface area (Å²) < 4.78 is 0. The number of hydrogen-bond acceptors (Lipinski definition) is 2. The molecule has 2 saturated heterocycles. The highest BCUT2D eigenvalue weighted by Gasteiger charge is 2.38. The first-order chi connectivity index (χ1) is 9.16. The summed E-state index contributed by atoms with van der Waals surface area (Å²) >= 11 is 0. The molecule has 0 spiro atoms. The SMILES string of the molecule is Cc1ccc(C(=O)N2CCC3CCCN3C2=O)cc1. The smallest absolute Gasteiger partial charge is 0.321 e. The van der Waals surface area contributed by atoms with Gasteiger partial charge in [0.15, 0.2) is 0 Å². The molecule has 1 aromatic carbocycles. The van der Waals surface area contributed by atoms with Gasteiger partial charge in [-0.2, -0.15) is 0 Å². The van der Waals surface area contributed by atoms with Crippen molar-refractivity contribution in [2.75, 3.05) is 13.1 Å². The minimum absolute atomic E-state index is 0.112. The number of carbonyl (C=O) groups excluding carboxylic acids is 2. The van der Waals surface area contributed by atoms with Crippen molar-refractivity contribution in [3.63, 3.8) is 0 Å². The lowest BCUT2D eigenvalue weighted by Crippen LogP contribution is -2.53.